The lowest BCUT2D eigenvalue weighted by Gasteiger charge is -2.30. The van der Waals surface area contributed by atoms with Crippen LogP contribution in [0.4, 0.5) is 0 Å². The summed E-state index contributed by atoms with van der Waals surface area (Å²) >= 11 is 0. The van der Waals surface area contributed by atoms with Gasteiger partial charge in [-0.1, -0.05) is 45.2 Å². The maximum absolute atomic E-state index is 12.6. The molecule has 1 heterocycles. The maximum Gasteiger partial charge on any atom is 0.290 e. The first-order valence-corrected chi connectivity index (χ1v) is 8.94. The molecular formula is C20H27NO4. The molecule has 1 aliphatic heterocycles. The normalized spacial score (nSPS) is 18.8. The van der Waals surface area contributed by atoms with Crippen LogP contribution in [0.25, 0.3) is 0 Å². The second-order valence-corrected chi connectivity index (χ2v) is 6.69. The standard InChI is InChI=1S/C20H27NO4/c1-4-6-8-14(5-2)12-21-18(15-9-7-10-16(23)11-15)17(13(3)22)19(24)20(21)25/h7,9-11,14,18,23-24H,4-6,8,12H2,1-3H3. The first-order chi connectivity index (χ1) is 11.9. The fraction of sp³-hybridized carbons (Fsp3) is 0.500. The van der Waals surface area contributed by atoms with Crippen LogP contribution in [0.5, 0.6) is 5.75 Å². The van der Waals surface area contributed by atoms with Crippen molar-refractivity contribution in [3.05, 3.63) is 41.2 Å². The first-order valence-electron chi connectivity index (χ1n) is 8.94. The number of aliphatic hydroxyl groups is 1. The van der Waals surface area contributed by atoms with Gasteiger partial charge in [-0.05, 0) is 37.0 Å². The van der Waals surface area contributed by atoms with E-state index in [0.717, 1.165) is 25.7 Å². The molecule has 5 heteroatoms. The number of Topliss-reactive ketones (excluding diaryl/α,β-unsaturated/α-hetero) is 1. The highest BCUT2D eigenvalue weighted by Crippen LogP contribution is 2.39. The molecule has 25 heavy (non-hydrogen) atoms. The number of rotatable bonds is 8. The topological polar surface area (TPSA) is 77.8 Å². The molecule has 1 amide bonds. The Morgan fingerprint density at radius 1 is 1.28 bits per heavy atom. The van der Waals surface area contributed by atoms with Crippen molar-refractivity contribution in [2.45, 2.75) is 52.5 Å². The molecule has 0 radical (unpaired) electrons. The zero-order valence-electron chi connectivity index (χ0n) is 15.2. The molecular weight excluding hydrogens is 318 g/mol. The molecule has 1 aliphatic rings. The predicted octanol–water partition coefficient (Wildman–Crippen LogP) is 3.89. The van der Waals surface area contributed by atoms with Crippen LogP contribution in [0.2, 0.25) is 0 Å². The second kappa shape index (κ2) is 8.19. The van der Waals surface area contributed by atoms with Crippen molar-refractivity contribution in [2.24, 2.45) is 5.92 Å². The predicted molar refractivity (Wildman–Crippen MR) is 96.2 cm³/mol. The highest BCUT2D eigenvalue weighted by Gasteiger charge is 2.42. The number of carbonyl (C=O) groups excluding carboxylic acids is 2. The molecule has 1 aromatic carbocycles. The highest BCUT2D eigenvalue weighted by atomic mass is 16.3. The lowest BCUT2D eigenvalue weighted by molar-refractivity contribution is -0.130. The smallest absolute Gasteiger partial charge is 0.290 e. The van der Waals surface area contributed by atoms with E-state index in [1.165, 1.54) is 13.0 Å². The third-order valence-corrected chi connectivity index (χ3v) is 4.87. The van der Waals surface area contributed by atoms with Gasteiger partial charge in [0, 0.05) is 6.54 Å². The quantitative estimate of drug-likeness (QED) is 0.749. The SMILES string of the molecule is CCCCC(CC)CN1C(=O)C(O)=C(C(C)=O)C1c1cccc(O)c1. The van der Waals surface area contributed by atoms with E-state index in [-0.39, 0.29) is 17.1 Å². The Morgan fingerprint density at radius 2 is 2.00 bits per heavy atom. The number of hydrogen-bond donors (Lipinski definition) is 2. The summed E-state index contributed by atoms with van der Waals surface area (Å²) in [7, 11) is 0. The van der Waals surface area contributed by atoms with Crippen molar-refractivity contribution in [2.75, 3.05) is 6.54 Å². The van der Waals surface area contributed by atoms with E-state index in [1.54, 1.807) is 23.1 Å². The molecule has 0 saturated heterocycles. The van der Waals surface area contributed by atoms with Crippen LogP contribution >= 0.6 is 0 Å². The molecule has 1 aromatic rings. The Bertz CT molecular complexity index is 680. The molecule has 0 saturated carbocycles. The van der Waals surface area contributed by atoms with E-state index >= 15 is 0 Å². The average molecular weight is 345 g/mol. The van der Waals surface area contributed by atoms with Crippen LogP contribution in [0, 0.1) is 5.92 Å². The van der Waals surface area contributed by atoms with Gasteiger partial charge in [0.2, 0.25) is 0 Å². The fourth-order valence-electron chi connectivity index (χ4n) is 3.44. The summed E-state index contributed by atoms with van der Waals surface area (Å²) in [6, 6.07) is 5.87. The molecule has 0 spiro atoms. The lowest BCUT2D eigenvalue weighted by Crippen LogP contribution is -2.35. The number of phenolic OH excluding ortho intramolecular Hbond substituents is 1. The lowest BCUT2D eigenvalue weighted by atomic mass is 9.94. The Kier molecular flexibility index (Phi) is 6.23. The summed E-state index contributed by atoms with van der Waals surface area (Å²) in [6.45, 7) is 6.05. The number of nitrogens with zero attached hydrogens (tertiary/aromatic N) is 1. The van der Waals surface area contributed by atoms with Crippen molar-refractivity contribution >= 4 is 11.7 Å². The zero-order chi connectivity index (χ0) is 18.6. The summed E-state index contributed by atoms with van der Waals surface area (Å²) in [6.07, 6.45) is 4.09. The summed E-state index contributed by atoms with van der Waals surface area (Å²) in [5.74, 6) is -0.928. The molecule has 2 N–H and O–H groups in total. The first kappa shape index (κ1) is 19.0. The minimum Gasteiger partial charge on any atom is -0.508 e. The number of phenols is 1. The van der Waals surface area contributed by atoms with E-state index in [9.17, 15) is 19.8 Å². The van der Waals surface area contributed by atoms with Crippen molar-refractivity contribution in [3.63, 3.8) is 0 Å². The third-order valence-electron chi connectivity index (χ3n) is 4.87. The van der Waals surface area contributed by atoms with E-state index in [2.05, 4.69) is 13.8 Å². The van der Waals surface area contributed by atoms with Crippen LogP contribution in [0.1, 0.15) is 58.1 Å². The molecule has 5 nitrogen and oxygen atoms in total. The number of unbranched alkanes of at least 4 members (excludes halogenated alkanes) is 1. The minimum absolute atomic E-state index is 0.0669. The molecule has 2 unspecified atom stereocenters. The van der Waals surface area contributed by atoms with Crippen LogP contribution < -0.4 is 0 Å². The number of aromatic hydroxyl groups is 1. The Morgan fingerprint density at radius 3 is 2.56 bits per heavy atom. The van der Waals surface area contributed by atoms with Gasteiger partial charge < -0.3 is 15.1 Å². The number of amides is 1. The monoisotopic (exact) mass is 345 g/mol. The minimum atomic E-state index is -0.646. The summed E-state index contributed by atoms with van der Waals surface area (Å²) in [5, 5.41) is 20.1. The van der Waals surface area contributed by atoms with Gasteiger partial charge in [-0.3, -0.25) is 9.59 Å². The van der Waals surface area contributed by atoms with Crippen molar-refractivity contribution in [1.82, 2.24) is 4.90 Å². The van der Waals surface area contributed by atoms with Crippen molar-refractivity contribution in [1.29, 1.82) is 0 Å². The molecule has 2 atom stereocenters. The number of aliphatic hydroxyl groups excluding tert-OH is 1. The van der Waals surface area contributed by atoms with E-state index in [1.807, 2.05) is 0 Å². The Hall–Kier alpha value is -2.30. The number of ketones is 1. The van der Waals surface area contributed by atoms with Crippen LogP contribution in [-0.4, -0.2) is 33.3 Å². The molecule has 0 bridgehead atoms. The number of carbonyl (C=O) groups is 2. The van der Waals surface area contributed by atoms with Crippen LogP contribution in [-0.2, 0) is 9.59 Å². The molecule has 2 rings (SSSR count). The summed E-state index contributed by atoms with van der Waals surface area (Å²) in [4.78, 5) is 26.3. The van der Waals surface area contributed by atoms with Gasteiger partial charge in [-0.2, -0.15) is 0 Å². The van der Waals surface area contributed by atoms with Gasteiger partial charge in [0.15, 0.2) is 11.5 Å². The van der Waals surface area contributed by atoms with Gasteiger partial charge in [-0.15, -0.1) is 0 Å². The Balaban J connectivity index is 2.39. The molecule has 0 fully saturated rings. The summed E-state index contributed by atoms with van der Waals surface area (Å²) < 4.78 is 0. The molecule has 0 aromatic heterocycles. The maximum atomic E-state index is 12.6. The Labute approximate surface area is 149 Å². The fourth-order valence-corrected chi connectivity index (χ4v) is 3.44. The largest absolute Gasteiger partial charge is 0.508 e. The van der Waals surface area contributed by atoms with Gasteiger partial charge >= 0.3 is 0 Å². The van der Waals surface area contributed by atoms with Gasteiger partial charge in [0.1, 0.15) is 5.75 Å². The van der Waals surface area contributed by atoms with Crippen LogP contribution in [0.15, 0.2) is 35.6 Å². The molecule has 136 valence electrons. The van der Waals surface area contributed by atoms with E-state index in [0.29, 0.717) is 18.0 Å². The van der Waals surface area contributed by atoms with E-state index < -0.39 is 17.7 Å². The third kappa shape index (κ3) is 4.03. The van der Waals surface area contributed by atoms with E-state index in [4.69, 9.17) is 0 Å². The number of benzene rings is 1. The van der Waals surface area contributed by atoms with Crippen LogP contribution in [0.3, 0.4) is 0 Å². The van der Waals surface area contributed by atoms with Gasteiger partial charge in [0.25, 0.3) is 5.91 Å². The summed E-state index contributed by atoms with van der Waals surface area (Å²) in [5.41, 5.74) is 0.744. The zero-order valence-corrected chi connectivity index (χ0v) is 15.2. The highest BCUT2D eigenvalue weighted by molar-refractivity contribution is 6.08. The molecule has 0 aliphatic carbocycles. The van der Waals surface area contributed by atoms with Crippen molar-refractivity contribution < 1.29 is 19.8 Å². The van der Waals surface area contributed by atoms with Gasteiger partial charge in [0.05, 0.1) is 11.6 Å². The second-order valence-electron chi connectivity index (χ2n) is 6.69. The van der Waals surface area contributed by atoms with Crippen molar-refractivity contribution in [3.8, 4) is 5.75 Å². The van der Waals surface area contributed by atoms with Gasteiger partial charge in [-0.25, -0.2) is 0 Å². The number of hydrogen-bond acceptors (Lipinski definition) is 4. The average Bonchev–Trinajstić information content (AvgIpc) is 2.83.